The molecule has 23 heavy (non-hydrogen) atoms. The first-order valence-electron chi connectivity index (χ1n) is 6.82. The van der Waals surface area contributed by atoms with Crippen LogP contribution in [0.15, 0.2) is 29.5 Å². The van der Waals surface area contributed by atoms with E-state index < -0.39 is 11.6 Å². The molecule has 0 saturated heterocycles. The van der Waals surface area contributed by atoms with Crippen molar-refractivity contribution in [3.8, 4) is 0 Å². The molecule has 1 aromatic heterocycles. The summed E-state index contributed by atoms with van der Waals surface area (Å²) in [5.41, 5.74) is 0.0683. The summed E-state index contributed by atoms with van der Waals surface area (Å²) in [6, 6.07) is 3.85. The number of nitrogens with one attached hydrogen (secondary N) is 2. The molecule has 2 N–H and O–H groups in total. The molecule has 0 bridgehead atoms. The first-order valence-corrected chi connectivity index (χ1v) is 6.82. The monoisotopic (exact) mass is 436 g/mol. The highest BCUT2D eigenvalue weighted by atomic mass is 127. The fraction of sp³-hybridized carbons (Fsp3) is 0.357. The van der Waals surface area contributed by atoms with Crippen LogP contribution >= 0.6 is 24.0 Å². The van der Waals surface area contributed by atoms with Crippen molar-refractivity contribution in [2.75, 3.05) is 13.6 Å². The van der Waals surface area contributed by atoms with Gasteiger partial charge in [0.1, 0.15) is 23.8 Å². The van der Waals surface area contributed by atoms with Gasteiger partial charge in [0, 0.05) is 26.2 Å². The van der Waals surface area contributed by atoms with E-state index >= 15 is 0 Å². The smallest absolute Gasteiger partial charge is 0.191 e. The topological polar surface area (TPSA) is 67.1 Å². The Hall–Kier alpha value is -1.78. The quantitative estimate of drug-likeness (QED) is 0.425. The third-order valence-corrected chi connectivity index (χ3v) is 3.17. The minimum Gasteiger partial charge on any atom is -0.356 e. The first kappa shape index (κ1) is 19.3. The number of aryl methyl sites for hydroxylation is 1. The molecular weight excluding hydrogens is 417 g/mol. The summed E-state index contributed by atoms with van der Waals surface area (Å²) in [5, 5.41) is 10.0. The van der Waals surface area contributed by atoms with E-state index in [9.17, 15) is 8.78 Å². The Bertz CT molecular complexity index is 638. The highest BCUT2D eigenvalue weighted by Crippen LogP contribution is 2.11. The van der Waals surface area contributed by atoms with Crippen molar-refractivity contribution in [2.45, 2.75) is 13.0 Å². The Morgan fingerprint density at radius 1 is 1.26 bits per heavy atom. The van der Waals surface area contributed by atoms with Gasteiger partial charge in [-0.25, -0.2) is 13.8 Å². The van der Waals surface area contributed by atoms with Gasteiger partial charge in [0.15, 0.2) is 5.96 Å². The maximum absolute atomic E-state index is 13.5. The van der Waals surface area contributed by atoms with E-state index in [1.165, 1.54) is 24.5 Å². The molecule has 1 heterocycles. The molecule has 0 fully saturated rings. The van der Waals surface area contributed by atoms with E-state index in [1.54, 1.807) is 18.8 Å². The predicted molar refractivity (Wildman–Crippen MR) is 94.7 cm³/mol. The fourth-order valence-corrected chi connectivity index (χ4v) is 1.94. The third-order valence-electron chi connectivity index (χ3n) is 3.17. The van der Waals surface area contributed by atoms with Crippen molar-refractivity contribution < 1.29 is 8.78 Å². The van der Waals surface area contributed by atoms with Gasteiger partial charge in [0.25, 0.3) is 0 Å². The maximum Gasteiger partial charge on any atom is 0.191 e. The third kappa shape index (κ3) is 5.41. The zero-order valence-corrected chi connectivity index (χ0v) is 15.2. The zero-order valence-electron chi connectivity index (χ0n) is 12.9. The average molecular weight is 436 g/mol. The molecule has 1 aromatic carbocycles. The van der Waals surface area contributed by atoms with Gasteiger partial charge < -0.3 is 10.6 Å². The summed E-state index contributed by atoms with van der Waals surface area (Å²) in [7, 11) is 3.41. The normalized spacial score (nSPS) is 11.0. The second-order valence-corrected chi connectivity index (χ2v) is 4.60. The van der Waals surface area contributed by atoms with E-state index in [-0.39, 0.29) is 36.0 Å². The van der Waals surface area contributed by atoms with Crippen LogP contribution in [0.3, 0.4) is 0 Å². The molecule has 0 radical (unpaired) electrons. The Labute approximate surface area is 150 Å². The van der Waals surface area contributed by atoms with Crippen molar-refractivity contribution in [1.29, 1.82) is 0 Å². The highest BCUT2D eigenvalue weighted by Gasteiger charge is 2.08. The lowest BCUT2D eigenvalue weighted by Gasteiger charge is -2.12. The second-order valence-electron chi connectivity index (χ2n) is 4.60. The molecule has 0 aliphatic carbocycles. The van der Waals surface area contributed by atoms with Crippen LogP contribution in [0.5, 0.6) is 0 Å². The summed E-state index contributed by atoms with van der Waals surface area (Å²) in [5.74, 6) is 0.204. The Balaban J connectivity index is 0.00000264. The minimum atomic E-state index is -0.538. The molecule has 0 saturated carbocycles. The van der Waals surface area contributed by atoms with Crippen LogP contribution < -0.4 is 10.6 Å². The molecule has 0 atom stereocenters. The number of hydrogen-bond acceptors (Lipinski definition) is 3. The molecule has 2 rings (SSSR count). The lowest BCUT2D eigenvalue weighted by molar-refractivity contribution is 0.552. The van der Waals surface area contributed by atoms with Crippen LogP contribution in [0.25, 0.3) is 0 Å². The number of hydrogen-bond donors (Lipinski definition) is 2. The van der Waals surface area contributed by atoms with Crippen LogP contribution in [0, 0.1) is 11.6 Å². The maximum atomic E-state index is 13.5. The van der Waals surface area contributed by atoms with Crippen LogP contribution in [0.1, 0.15) is 11.4 Å². The van der Waals surface area contributed by atoms with Gasteiger partial charge in [-0.05, 0) is 18.6 Å². The van der Waals surface area contributed by atoms with E-state index in [1.807, 2.05) is 0 Å². The van der Waals surface area contributed by atoms with Gasteiger partial charge in [0.05, 0.1) is 6.54 Å². The first-order chi connectivity index (χ1) is 10.6. The molecule has 0 aliphatic heterocycles. The predicted octanol–water partition coefficient (Wildman–Crippen LogP) is 1.62. The minimum absolute atomic E-state index is 0. The van der Waals surface area contributed by atoms with Crippen molar-refractivity contribution in [2.24, 2.45) is 12.0 Å². The Morgan fingerprint density at radius 3 is 2.52 bits per heavy atom. The average Bonchev–Trinajstić information content (AvgIpc) is 2.90. The number of nitrogens with zero attached hydrogens (tertiary/aromatic N) is 4. The molecule has 6 nitrogen and oxygen atoms in total. The van der Waals surface area contributed by atoms with Gasteiger partial charge in [-0.1, -0.05) is 6.07 Å². The SMILES string of the molecule is CN=C(NCCc1c(F)cccc1F)NCc1ncnn1C.I. The van der Waals surface area contributed by atoms with Crippen molar-refractivity contribution in [1.82, 2.24) is 25.4 Å². The molecule has 9 heteroatoms. The van der Waals surface area contributed by atoms with E-state index in [2.05, 4.69) is 25.7 Å². The largest absolute Gasteiger partial charge is 0.356 e. The summed E-state index contributed by atoms with van der Waals surface area (Å²) < 4.78 is 28.7. The van der Waals surface area contributed by atoms with Crippen LogP contribution in [-0.4, -0.2) is 34.3 Å². The molecule has 0 spiro atoms. The van der Waals surface area contributed by atoms with Crippen LogP contribution in [-0.2, 0) is 20.0 Å². The Morgan fingerprint density at radius 2 is 1.96 bits per heavy atom. The fourth-order valence-electron chi connectivity index (χ4n) is 1.94. The number of guanidine groups is 1. The number of rotatable bonds is 5. The lowest BCUT2D eigenvalue weighted by Crippen LogP contribution is -2.38. The van der Waals surface area contributed by atoms with Crippen LogP contribution in [0.4, 0.5) is 8.78 Å². The van der Waals surface area contributed by atoms with Crippen LogP contribution in [0.2, 0.25) is 0 Å². The summed E-state index contributed by atoms with van der Waals surface area (Å²) >= 11 is 0. The molecule has 0 amide bonds. The highest BCUT2D eigenvalue weighted by molar-refractivity contribution is 14.0. The van der Waals surface area contributed by atoms with E-state index in [4.69, 9.17) is 0 Å². The number of aliphatic imine (C=N–C) groups is 1. The lowest BCUT2D eigenvalue weighted by atomic mass is 10.1. The summed E-state index contributed by atoms with van der Waals surface area (Å²) in [4.78, 5) is 8.12. The van der Waals surface area contributed by atoms with E-state index in [0.29, 0.717) is 19.0 Å². The van der Waals surface area contributed by atoms with Gasteiger partial charge in [-0.15, -0.1) is 24.0 Å². The van der Waals surface area contributed by atoms with Gasteiger partial charge >= 0.3 is 0 Å². The van der Waals surface area contributed by atoms with Crippen molar-refractivity contribution in [3.63, 3.8) is 0 Å². The number of benzene rings is 1. The zero-order chi connectivity index (χ0) is 15.9. The molecule has 2 aromatic rings. The molecule has 0 unspecified atom stereocenters. The van der Waals surface area contributed by atoms with Crippen molar-refractivity contribution in [3.05, 3.63) is 47.5 Å². The second kappa shape index (κ2) is 9.38. The number of halogens is 3. The number of aromatic nitrogens is 3. The standard InChI is InChI=1S/C14H18F2N6.HI/c1-17-14(19-8-13-20-9-21-22(13)2)18-7-6-10-11(15)4-3-5-12(10)16;/h3-5,9H,6-8H2,1-2H3,(H2,17,18,19);1H. The molecule has 0 aliphatic rings. The summed E-state index contributed by atoms with van der Waals surface area (Å²) in [6.07, 6.45) is 1.69. The van der Waals surface area contributed by atoms with Crippen molar-refractivity contribution >= 4 is 29.9 Å². The molecular formula is C14H19F2IN6. The van der Waals surface area contributed by atoms with E-state index in [0.717, 1.165) is 5.82 Å². The summed E-state index contributed by atoms with van der Waals surface area (Å²) in [6.45, 7) is 0.806. The Kier molecular flexibility index (Phi) is 7.86. The van der Waals surface area contributed by atoms with Gasteiger partial charge in [-0.2, -0.15) is 5.10 Å². The van der Waals surface area contributed by atoms with Gasteiger partial charge in [-0.3, -0.25) is 9.67 Å². The van der Waals surface area contributed by atoms with Gasteiger partial charge in [0.2, 0.25) is 0 Å². The molecule has 126 valence electrons.